The molecule has 2 aromatic rings. The number of hydrogen-bond donors (Lipinski definition) is 2. The summed E-state index contributed by atoms with van der Waals surface area (Å²) in [6.45, 7) is 0.487. The van der Waals surface area contributed by atoms with Crippen molar-refractivity contribution in [3.63, 3.8) is 0 Å². The van der Waals surface area contributed by atoms with Crippen LogP contribution in [0.4, 0.5) is 0 Å². The van der Waals surface area contributed by atoms with Crippen LogP contribution in [0.1, 0.15) is 11.1 Å². The van der Waals surface area contributed by atoms with Crippen molar-refractivity contribution in [3.8, 4) is 0 Å². The largest absolute Gasteiger partial charge is 0.395 e. The lowest BCUT2D eigenvalue weighted by Gasteiger charge is -2.18. The Labute approximate surface area is 139 Å². The Bertz CT molecular complexity index is 590. The van der Waals surface area contributed by atoms with Crippen LogP contribution in [0.15, 0.2) is 42.5 Å². The molecule has 0 heterocycles. The van der Waals surface area contributed by atoms with E-state index >= 15 is 0 Å². The predicted octanol–water partition coefficient (Wildman–Crippen LogP) is 4.34. The molecule has 0 aliphatic rings. The van der Waals surface area contributed by atoms with Crippen LogP contribution in [0.3, 0.4) is 0 Å². The molecule has 0 unspecified atom stereocenters. The van der Waals surface area contributed by atoms with Crippen molar-refractivity contribution in [2.24, 2.45) is 0 Å². The molecule has 2 nitrogen and oxygen atoms in total. The van der Waals surface area contributed by atoms with Gasteiger partial charge in [-0.2, -0.15) is 0 Å². The molecule has 1 atom stereocenters. The van der Waals surface area contributed by atoms with E-state index in [9.17, 15) is 5.11 Å². The molecule has 0 fully saturated rings. The Balaban J connectivity index is 2.02. The summed E-state index contributed by atoms with van der Waals surface area (Å²) in [5.74, 6) is 0. The summed E-state index contributed by atoms with van der Waals surface area (Å²) in [6.07, 6.45) is 0.729. The highest BCUT2D eigenvalue weighted by molar-refractivity contribution is 6.44. The van der Waals surface area contributed by atoms with E-state index in [2.05, 4.69) is 5.32 Å². The molecule has 0 bridgehead atoms. The molecule has 0 saturated carbocycles. The number of nitrogens with one attached hydrogen (secondary N) is 1. The normalized spacial score (nSPS) is 12.4. The van der Waals surface area contributed by atoms with Crippen LogP contribution in [0.5, 0.6) is 0 Å². The fourth-order valence-electron chi connectivity index (χ4n) is 2.08. The summed E-state index contributed by atoms with van der Waals surface area (Å²) in [7, 11) is 0. The highest BCUT2D eigenvalue weighted by atomic mass is 35.5. The molecule has 5 heteroatoms. The number of halogens is 3. The van der Waals surface area contributed by atoms with Crippen LogP contribution in [0.25, 0.3) is 0 Å². The molecule has 0 aliphatic heterocycles. The second kappa shape index (κ2) is 8.02. The number of benzene rings is 2. The third kappa shape index (κ3) is 4.60. The van der Waals surface area contributed by atoms with Crippen molar-refractivity contribution in [2.75, 3.05) is 6.61 Å². The van der Waals surface area contributed by atoms with E-state index < -0.39 is 0 Å². The second-order valence-electron chi connectivity index (χ2n) is 4.77. The molecule has 0 radical (unpaired) electrons. The Morgan fingerprint density at radius 3 is 2.29 bits per heavy atom. The molecule has 0 spiro atoms. The van der Waals surface area contributed by atoms with E-state index in [-0.39, 0.29) is 12.6 Å². The molecule has 112 valence electrons. The minimum Gasteiger partial charge on any atom is -0.395 e. The quantitative estimate of drug-likeness (QED) is 0.764. The number of hydrogen-bond acceptors (Lipinski definition) is 2. The van der Waals surface area contributed by atoms with Crippen LogP contribution in [-0.4, -0.2) is 17.8 Å². The van der Waals surface area contributed by atoms with E-state index in [1.165, 1.54) is 0 Å². The fraction of sp³-hybridized carbons (Fsp3) is 0.250. The van der Waals surface area contributed by atoms with Crippen LogP contribution >= 0.6 is 34.8 Å². The van der Waals surface area contributed by atoms with E-state index in [1.54, 1.807) is 12.1 Å². The van der Waals surface area contributed by atoms with Gasteiger partial charge in [-0.1, -0.05) is 65.1 Å². The van der Waals surface area contributed by atoms with E-state index in [0.29, 0.717) is 21.6 Å². The molecule has 2 aromatic carbocycles. The lowest BCUT2D eigenvalue weighted by molar-refractivity contribution is 0.241. The Hall–Kier alpha value is -0.770. The van der Waals surface area contributed by atoms with Crippen LogP contribution in [0.2, 0.25) is 15.1 Å². The Morgan fingerprint density at radius 2 is 1.62 bits per heavy atom. The summed E-state index contributed by atoms with van der Waals surface area (Å²) < 4.78 is 0. The predicted molar refractivity (Wildman–Crippen MR) is 89.3 cm³/mol. The van der Waals surface area contributed by atoms with E-state index in [4.69, 9.17) is 34.8 Å². The van der Waals surface area contributed by atoms with Gasteiger partial charge >= 0.3 is 0 Å². The van der Waals surface area contributed by atoms with Crippen molar-refractivity contribution < 1.29 is 5.11 Å². The van der Waals surface area contributed by atoms with Gasteiger partial charge in [0.1, 0.15) is 0 Å². The van der Waals surface area contributed by atoms with Gasteiger partial charge in [-0.15, -0.1) is 0 Å². The minimum atomic E-state index is -0.0708. The standard InChI is InChI=1S/C16H16Cl3NO/c17-14-6-7-15(18)16(19)13(14)9-20-12(10-21)8-11-4-2-1-3-5-11/h1-7,12,20-21H,8-10H2/t12-/m0/s1. The van der Waals surface area contributed by atoms with Gasteiger partial charge in [0.25, 0.3) is 0 Å². The SMILES string of the molecule is OC[C@H](Cc1ccccc1)NCc1c(Cl)ccc(Cl)c1Cl. The first-order chi connectivity index (χ1) is 10.1. The summed E-state index contributed by atoms with van der Waals surface area (Å²) >= 11 is 18.3. The number of aliphatic hydroxyl groups excluding tert-OH is 1. The molecule has 0 aromatic heterocycles. The van der Waals surface area contributed by atoms with Gasteiger partial charge in [-0.25, -0.2) is 0 Å². The molecule has 2 N–H and O–H groups in total. The first-order valence-electron chi connectivity index (χ1n) is 6.62. The van der Waals surface area contributed by atoms with Crippen LogP contribution in [0, 0.1) is 0 Å². The lowest BCUT2D eigenvalue weighted by Crippen LogP contribution is -2.34. The van der Waals surface area contributed by atoms with Crippen molar-refractivity contribution in [2.45, 2.75) is 19.0 Å². The Morgan fingerprint density at radius 1 is 0.952 bits per heavy atom. The lowest BCUT2D eigenvalue weighted by atomic mass is 10.1. The first-order valence-corrected chi connectivity index (χ1v) is 7.75. The van der Waals surface area contributed by atoms with Crippen molar-refractivity contribution >= 4 is 34.8 Å². The number of rotatable bonds is 6. The van der Waals surface area contributed by atoms with Gasteiger partial charge in [-0.3, -0.25) is 0 Å². The van der Waals surface area contributed by atoms with E-state index in [0.717, 1.165) is 17.5 Å². The summed E-state index contributed by atoms with van der Waals surface area (Å²) in [5, 5.41) is 14.3. The maximum atomic E-state index is 9.50. The fourth-order valence-corrected chi connectivity index (χ4v) is 2.76. The molecule has 0 amide bonds. The molecular formula is C16H16Cl3NO. The summed E-state index contributed by atoms with van der Waals surface area (Å²) in [5.41, 5.74) is 1.91. The van der Waals surface area contributed by atoms with Gasteiger partial charge in [0.05, 0.1) is 16.7 Å². The molecule has 2 rings (SSSR count). The highest BCUT2D eigenvalue weighted by Crippen LogP contribution is 2.31. The third-order valence-electron chi connectivity index (χ3n) is 3.25. The van der Waals surface area contributed by atoms with Crippen LogP contribution < -0.4 is 5.32 Å². The van der Waals surface area contributed by atoms with E-state index in [1.807, 2.05) is 30.3 Å². The maximum Gasteiger partial charge on any atom is 0.0652 e. The Kier molecular flexibility index (Phi) is 6.34. The van der Waals surface area contributed by atoms with Gasteiger partial charge in [0.2, 0.25) is 0 Å². The topological polar surface area (TPSA) is 32.3 Å². The molecule has 21 heavy (non-hydrogen) atoms. The van der Waals surface area contributed by atoms with Gasteiger partial charge < -0.3 is 10.4 Å². The molecule has 0 saturated heterocycles. The number of aliphatic hydroxyl groups is 1. The second-order valence-corrected chi connectivity index (χ2v) is 5.96. The van der Waals surface area contributed by atoms with Crippen LogP contribution in [-0.2, 0) is 13.0 Å². The average Bonchev–Trinajstić information content (AvgIpc) is 2.51. The first kappa shape index (κ1) is 16.6. The van der Waals surface area contributed by atoms with Crippen molar-refractivity contribution in [3.05, 3.63) is 68.7 Å². The highest BCUT2D eigenvalue weighted by Gasteiger charge is 2.13. The van der Waals surface area contributed by atoms with Crippen molar-refractivity contribution in [1.82, 2.24) is 5.32 Å². The zero-order valence-electron chi connectivity index (χ0n) is 11.3. The van der Waals surface area contributed by atoms with Gasteiger partial charge in [0.15, 0.2) is 0 Å². The van der Waals surface area contributed by atoms with Gasteiger partial charge in [0, 0.05) is 23.2 Å². The van der Waals surface area contributed by atoms with Gasteiger partial charge in [-0.05, 0) is 24.1 Å². The average molecular weight is 345 g/mol. The monoisotopic (exact) mass is 343 g/mol. The minimum absolute atomic E-state index is 0.0324. The summed E-state index contributed by atoms with van der Waals surface area (Å²) in [4.78, 5) is 0. The third-order valence-corrected chi connectivity index (χ3v) is 4.45. The summed E-state index contributed by atoms with van der Waals surface area (Å²) in [6, 6.07) is 13.3. The maximum absolute atomic E-state index is 9.50. The molecule has 0 aliphatic carbocycles. The smallest absolute Gasteiger partial charge is 0.0652 e. The zero-order chi connectivity index (χ0) is 15.2. The molecular weight excluding hydrogens is 329 g/mol. The zero-order valence-corrected chi connectivity index (χ0v) is 13.6. The van der Waals surface area contributed by atoms with Crippen molar-refractivity contribution in [1.29, 1.82) is 0 Å².